The Morgan fingerprint density at radius 2 is 2.00 bits per heavy atom. The van der Waals surface area contributed by atoms with E-state index in [9.17, 15) is 4.79 Å². The van der Waals surface area contributed by atoms with Crippen molar-refractivity contribution in [3.05, 3.63) is 57.9 Å². The van der Waals surface area contributed by atoms with Crippen LogP contribution in [0.2, 0.25) is 0 Å². The lowest BCUT2D eigenvalue weighted by Crippen LogP contribution is -2.12. The molecule has 0 saturated heterocycles. The molecule has 0 aliphatic heterocycles. The van der Waals surface area contributed by atoms with Crippen LogP contribution in [0.3, 0.4) is 0 Å². The van der Waals surface area contributed by atoms with Gasteiger partial charge in [-0.2, -0.15) is 0 Å². The highest BCUT2D eigenvalue weighted by molar-refractivity contribution is 7.15. The second kappa shape index (κ2) is 7.35. The van der Waals surface area contributed by atoms with Crippen molar-refractivity contribution in [2.24, 2.45) is 0 Å². The number of hydrogen-bond donors (Lipinski definition) is 1. The van der Waals surface area contributed by atoms with Crippen LogP contribution in [0.5, 0.6) is 0 Å². The molecule has 24 heavy (non-hydrogen) atoms. The van der Waals surface area contributed by atoms with Crippen LogP contribution >= 0.6 is 11.3 Å². The van der Waals surface area contributed by atoms with Crippen LogP contribution in [0.25, 0.3) is 0 Å². The fourth-order valence-electron chi connectivity index (χ4n) is 2.43. The number of carbonyl (C=O) groups is 1. The van der Waals surface area contributed by atoms with E-state index >= 15 is 0 Å². The number of nitrogens with one attached hydrogen (secondary N) is 1. The Balaban J connectivity index is 1.53. The van der Waals surface area contributed by atoms with Gasteiger partial charge in [0.05, 0.1) is 5.69 Å². The highest BCUT2D eigenvalue weighted by Crippen LogP contribution is 2.19. The van der Waals surface area contributed by atoms with E-state index in [-0.39, 0.29) is 5.91 Å². The van der Waals surface area contributed by atoms with Crippen molar-refractivity contribution in [3.8, 4) is 0 Å². The van der Waals surface area contributed by atoms with Gasteiger partial charge in [-0.25, -0.2) is 0 Å². The zero-order valence-electron chi connectivity index (χ0n) is 13.6. The van der Waals surface area contributed by atoms with Crippen molar-refractivity contribution >= 4 is 22.4 Å². The predicted molar refractivity (Wildman–Crippen MR) is 92.1 cm³/mol. The first-order valence-electron chi connectivity index (χ1n) is 7.69. The monoisotopic (exact) mass is 342 g/mol. The molecule has 0 bridgehead atoms. The third-order valence-electron chi connectivity index (χ3n) is 3.69. The van der Waals surface area contributed by atoms with Gasteiger partial charge in [0.1, 0.15) is 10.8 Å². The summed E-state index contributed by atoms with van der Waals surface area (Å²) in [6, 6.07) is 10.1. The number of anilines is 1. The first kappa shape index (κ1) is 16.3. The van der Waals surface area contributed by atoms with Crippen LogP contribution < -0.4 is 5.32 Å². The van der Waals surface area contributed by atoms with E-state index < -0.39 is 0 Å². The topological polar surface area (TPSA) is 80.9 Å². The van der Waals surface area contributed by atoms with Crippen LogP contribution in [0.15, 0.2) is 34.9 Å². The van der Waals surface area contributed by atoms with Crippen molar-refractivity contribution in [1.82, 2.24) is 15.4 Å². The Labute approximate surface area is 143 Å². The van der Waals surface area contributed by atoms with Crippen LogP contribution in [-0.2, 0) is 17.6 Å². The first-order valence-corrected chi connectivity index (χ1v) is 8.51. The molecule has 0 radical (unpaired) electrons. The van der Waals surface area contributed by atoms with Crippen LogP contribution in [-0.4, -0.2) is 21.3 Å². The summed E-state index contributed by atoms with van der Waals surface area (Å²) < 4.78 is 5.10. The van der Waals surface area contributed by atoms with Gasteiger partial charge in [0.2, 0.25) is 11.0 Å². The Morgan fingerprint density at radius 1 is 1.21 bits per heavy atom. The minimum Gasteiger partial charge on any atom is -0.361 e. The molecule has 1 amide bonds. The summed E-state index contributed by atoms with van der Waals surface area (Å²) in [5, 5.41) is 16.3. The molecular formula is C17H18N4O2S. The van der Waals surface area contributed by atoms with Gasteiger partial charge < -0.3 is 9.84 Å². The molecule has 1 aromatic carbocycles. The summed E-state index contributed by atoms with van der Waals surface area (Å²) in [5.41, 5.74) is 3.00. The zero-order chi connectivity index (χ0) is 16.9. The maximum atomic E-state index is 12.1. The molecule has 6 nitrogen and oxygen atoms in total. The van der Waals surface area contributed by atoms with Gasteiger partial charge in [0.15, 0.2) is 0 Å². The molecular weight excluding hydrogens is 324 g/mol. The highest BCUT2D eigenvalue weighted by atomic mass is 32.1. The van der Waals surface area contributed by atoms with Crippen LogP contribution in [0.1, 0.15) is 34.0 Å². The molecule has 0 unspecified atom stereocenters. The third kappa shape index (κ3) is 4.05. The van der Waals surface area contributed by atoms with Crippen molar-refractivity contribution in [1.29, 1.82) is 0 Å². The molecule has 3 aromatic rings. The van der Waals surface area contributed by atoms with E-state index in [0.717, 1.165) is 22.0 Å². The summed E-state index contributed by atoms with van der Waals surface area (Å²) in [6.07, 6.45) is 1.67. The standard InChI is InChI=1S/C17H18N4O2S/c1-11-14(12(2)23-21-11)8-9-15(22)18-17-20-19-16(24-17)10-13-6-4-3-5-7-13/h3-7H,8-10H2,1-2H3,(H,18,20,22). The second-order valence-electron chi connectivity index (χ2n) is 5.51. The summed E-state index contributed by atoms with van der Waals surface area (Å²) in [6.45, 7) is 3.73. The predicted octanol–water partition coefficient (Wildman–Crippen LogP) is 3.31. The molecule has 2 aromatic heterocycles. The third-order valence-corrected chi connectivity index (χ3v) is 4.53. The van der Waals surface area contributed by atoms with Gasteiger partial charge in [-0.1, -0.05) is 46.8 Å². The largest absolute Gasteiger partial charge is 0.361 e. The average molecular weight is 342 g/mol. The Bertz CT molecular complexity index is 807. The maximum Gasteiger partial charge on any atom is 0.226 e. The van der Waals surface area contributed by atoms with E-state index in [4.69, 9.17) is 4.52 Å². The van der Waals surface area contributed by atoms with Gasteiger partial charge in [-0.05, 0) is 25.8 Å². The summed E-state index contributed by atoms with van der Waals surface area (Å²) in [4.78, 5) is 12.1. The number of hydrogen-bond acceptors (Lipinski definition) is 6. The highest BCUT2D eigenvalue weighted by Gasteiger charge is 2.13. The van der Waals surface area contributed by atoms with Crippen molar-refractivity contribution in [3.63, 3.8) is 0 Å². The van der Waals surface area contributed by atoms with Crippen molar-refractivity contribution in [2.45, 2.75) is 33.1 Å². The van der Waals surface area contributed by atoms with Gasteiger partial charge in [-0.3, -0.25) is 4.79 Å². The molecule has 0 fully saturated rings. The minimum absolute atomic E-state index is 0.0857. The molecule has 0 atom stereocenters. The average Bonchev–Trinajstić information content (AvgIpc) is 3.13. The fraction of sp³-hybridized carbons (Fsp3) is 0.294. The summed E-state index contributed by atoms with van der Waals surface area (Å²) in [5.74, 6) is 0.679. The zero-order valence-corrected chi connectivity index (χ0v) is 14.4. The van der Waals surface area contributed by atoms with Crippen LogP contribution in [0.4, 0.5) is 5.13 Å². The number of aromatic nitrogens is 3. The molecule has 3 rings (SSSR count). The molecule has 7 heteroatoms. The fourth-order valence-corrected chi connectivity index (χ4v) is 3.22. The normalized spacial score (nSPS) is 10.8. The second-order valence-corrected chi connectivity index (χ2v) is 6.58. The lowest BCUT2D eigenvalue weighted by atomic mass is 10.1. The molecule has 0 aliphatic rings. The molecule has 0 spiro atoms. The maximum absolute atomic E-state index is 12.1. The number of nitrogens with zero attached hydrogens (tertiary/aromatic N) is 3. The van der Waals surface area contributed by atoms with Gasteiger partial charge in [0.25, 0.3) is 0 Å². The number of rotatable bonds is 6. The lowest BCUT2D eigenvalue weighted by Gasteiger charge is -2.01. The lowest BCUT2D eigenvalue weighted by molar-refractivity contribution is -0.116. The minimum atomic E-state index is -0.0857. The van der Waals surface area contributed by atoms with E-state index in [0.29, 0.717) is 24.4 Å². The molecule has 2 heterocycles. The molecule has 0 saturated carbocycles. The van der Waals surface area contributed by atoms with Gasteiger partial charge in [-0.15, -0.1) is 10.2 Å². The van der Waals surface area contributed by atoms with Crippen LogP contribution in [0, 0.1) is 13.8 Å². The molecule has 124 valence electrons. The SMILES string of the molecule is Cc1noc(C)c1CCC(=O)Nc1nnc(Cc2ccccc2)s1. The summed E-state index contributed by atoms with van der Waals surface area (Å²) in [7, 11) is 0. The smallest absolute Gasteiger partial charge is 0.226 e. The van der Waals surface area contributed by atoms with Crippen molar-refractivity contribution in [2.75, 3.05) is 5.32 Å². The van der Waals surface area contributed by atoms with E-state index in [1.807, 2.05) is 44.2 Å². The molecule has 1 N–H and O–H groups in total. The number of aryl methyl sites for hydroxylation is 2. The Kier molecular flexibility index (Phi) is 5.00. The quantitative estimate of drug-likeness (QED) is 0.743. The van der Waals surface area contributed by atoms with E-state index in [2.05, 4.69) is 20.7 Å². The number of benzene rings is 1. The summed E-state index contributed by atoms with van der Waals surface area (Å²) >= 11 is 1.40. The van der Waals surface area contributed by atoms with E-state index in [1.54, 1.807) is 0 Å². The number of carbonyl (C=O) groups excluding carboxylic acids is 1. The van der Waals surface area contributed by atoms with Crippen molar-refractivity contribution < 1.29 is 9.32 Å². The molecule has 0 aliphatic carbocycles. The van der Waals surface area contributed by atoms with E-state index in [1.165, 1.54) is 16.9 Å². The number of amides is 1. The Hall–Kier alpha value is -2.54. The first-order chi connectivity index (χ1) is 11.6. The van der Waals surface area contributed by atoms with Gasteiger partial charge in [0, 0.05) is 18.4 Å². The Morgan fingerprint density at radius 3 is 2.71 bits per heavy atom. The van der Waals surface area contributed by atoms with Gasteiger partial charge >= 0.3 is 0 Å².